The summed E-state index contributed by atoms with van der Waals surface area (Å²) in [4.78, 5) is 34.7. The lowest BCUT2D eigenvalue weighted by atomic mass is 9.94. The normalized spacial score (nSPS) is 14.8. The summed E-state index contributed by atoms with van der Waals surface area (Å²) in [5.41, 5.74) is 5.19. The molecule has 1 unspecified atom stereocenters. The number of hydrogen-bond donors (Lipinski definition) is 1. The first-order chi connectivity index (χ1) is 22.9. The lowest BCUT2D eigenvalue weighted by Crippen LogP contribution is -2.11. The van der Waals surface area contributed by atoms with E-state index in [-0.39, 0.29) is 41.6 Å². The highest BCUT2D eigenvalue weighted by Crippen LogP contribution is 2.41. The van der Waals surface area contributed by atoms with E-state index >= 15 is 0 Å². The van der Waals surface area contributed by atoms with E-state index < -0.39 is 5.37 Å². The minimum absolute atomic E-state index is 0.00421. The monoisotopic (exact) mass is 671 g/mol. The molecule has 0 amide bonds. The van der Waals surface area contributed by atoms with E-state index in [2.05, 4.69) is 12.6 Å². The first-order valence-corrected chi connectivity index (χ1v) is 16.1. The van der Waals surface area contributed by atoms with Crippen LogP contribution < -0.4 is 18.9 Å². The summed E-state index contributed by atoms with van der Waals surface area (Å²) in [6.45, 7) is 0.101. The van der Waals surface area contributed by atoms with Gasteiger partial charge in [-0.25, -0.2) is 0 Å². The van der Waals surface area contributed by atoms with Crippen molar-refractivity contribution in [2.45, 2.75) is 18.2 Å². The van der Waals surface area contributed by atoms with Gasteiger partial charge in [0.15, 0.2) is 45.7 Å². The Balaban J connectivity index is 0.000000174. The lowest BCUT2D eigenvalue weighted by molar-refractivity contribution is -0.500. The van der Waals surface area contributed by atoms with Gasteiger partial charge in [0.2, 0.25) is 6.79 Å². The zero-order chi connectivity index (χ0) is 32.5. The van der Waals surface area contributed by atoms with Crippen molar-refractivity contribution in [1.82, 2.24) is 0 Å². The number of carbonyl (C=O) groups is 2. The summed E-state index contributed by atoms with van der Waals surface area (Å²) in [5.74, 6) is 2.44. The van der Waals surface area contributed by atoms with Crippen LogP contribution in [0.3, 0.4) is 0 Å². The van der Waals surface area contributed by atoms with E-state index in [1.807, 2.05) is 30.3 Å². The van der Waals surface area contributed by atoms with Crippen LogP contribution in [0.4, 0.5) is 0 Å². The van der Waals surface area contributed by atoms with Crippen molar-refractivity contribution in [3.8, 4) is 23.0 Å². The smallest absolute Gasteiger partial charge is 0.286 e. The average Bonchev–Trinajstić information content (AvgIpc) is 3.84. The minimum Gasteiger partial charge on any atom is -0.479 e. The molecule has 0 spiro atoms. The van der Waals surface area contributed by atoms with Crippen molar-refractivity contribution in [2.75, 3.05) is 18.7 Å². The molecular formula is C34H25NO10S2. The number of hydrogen-bond acceptors (Lipinski definition) is 12. The molecule has 13 heteroatoms. The van der Waals surface area contributed by atoms with Gasteiger partial charge in [-0.1, -0.05) is 12.2 Å². The number of fused-ring (bicyclic) bond motifs is 5. The second kappa shape index (κ2) is 12.9. The second-order valence-electron chi connectivity index (χ2n) is 10.6. The number of nitro groups is 1. The molecule has 0 N–H and O–H groups in total. The van der Waals surface area contributed by atoms with Crippen LogP contribution in [0, 0.1) is 10.1 Å². The average molecular weight is 672 g/mol. The van der Waals surface area contributed by atoms with Crippen molar-refractivity contribution < 1.29 is 42.3 Å². The van der Waals surface area contributed by atoms with Gasteiger partial charge < -0.3 is 27.8 Å². The van der Waals surface area contributed by atoms with Crippen LogP contribution in [0.15, 0.2) is 76.0 Å². The third kappa shape index (κ3) is 6.07. The molecular weight excluding hydrogens is 647 g/mol. The van der Waals surface area contributed by atoms with Gasteiger partial charge in [-0.05, 0) is 77.5 Å². The molecule has 0 saturated carbocycles. The van der Waals surface area contributed by atoms with Crippen LogP contribution in [0.5, 0.6) is 23.0 Å². The predicted molar refractivity (Wildman–Crippen MR) is 178 cm³/mol. The lowest BCUT2D eigenvalue weighted by Gasteiger charge is -2.17. The Labute approximate surface area is 276 Å². The van der Waals surface area contributed by atoms with Crippen LogP contribution >= 0.6 is 24.4 Å². The molecule has 5 aromatic rings. The molecule has 3 heterocycles. The highest BCUT2D eigenvalue weighted by molar-refractivity contribution is 7.99. The fourth-order valence-corrected chi connectivity index (χ4v) is 6.55. The molecule has 3 aromatic carbocycles. The summed E-state index contributed by atoms with van der Waals surface area (Å²) in [5, 5.41) is 12.4. The third-order valence-electron chi connectivity index (χ3n) is 7.78. The third-order valence-corrected chi connectivity index (χ3v) is 8.92. The van der Waals surface area contributed by atoms with Gasteiger partial charge in [0.05, 0.1) is 12.5 Å². The first-order valence-electron chi connectivity index (χ1n) is 14.4. The van der Waals surface area contributed by atoms with Gasteiger partial charge in [-0.3, -0.25) is 19.7 Å². The highest BCUT2D eigenvalue weighted by Gasteiger charge is 2.28. The molecule has 1 aliphatic heterocycles. The van der Waals surface area contributed by atoms with Crippen molar-refractivity contribution in [3.63, 3.8) is 0 Å². The Morgan fingerprint density at radius 1 is 0.809 bits per heavy atom. The second-order valence-corrected chi connectivity index (χ2v) is 11.9. The number of ether oxygens (including phenoxy) is 4. The molecule has 3 aliphatic rings. The molecule has 0 bridgehead atoms. The van der Waals surface area contributed by atoms with Crippen molar-refractivity contribution in [2.24, 2.45) is 0 Å². The molecule has 47 heavy (non-hydrogen) atoms. The maximum Gasteiger partial charge on any atom is 0.286 e. The van der Waals surface area contributed by atoms with Crippen LogP contribution in [-0.4, -0.2) is 35.2 Å². The molecule has 0 radical (unpaired) electrons. The van der Waals surface area contributed by atoms with Crippen molar-refractivity contribution in [1.29, 1.82) is 0 Å². The molecule has 2 aliphatic carbocycles. The van der Waals surface area contributed by atoms with Crippen LogP contribution in [0.1, 0.15) is 33.2 Å². The predicted octanol–water partition coefficient (Wildman–Crippen LogP) is 7.18. The maximum atomic E-state index is 11.9. The van der Waals surface area contributed by atoms with E-state index in [9.17, 15) is 19.7 Å². The summed E-state index contributed by atoms with van der Waals surface area (Å²) in [6.07, 6.45) is 10.4. The highest BCUT2D eigenvalue weighted by atomic mass is 32.2. The van der Waals surface area contributed by atoms with Gasteiger partial charge in [0.25, 0.3) is 5.37 Å². The number of benzene rings is 3. The first kappa shape index (κ1) is 30.5. The van der Waals surface area contributed by atoms with E-state index in [0.29, 0.717) is 46.1 Å². The molecule has 238 valence electrons. The zero-order valence-electron chi connectivity index (χ0n) is 24.5. The Morgan fingerprint density at radius 2 is 1.40 bits per heavy atom. The number of ketones is 2. The Bertz CT molecular complexity index is 2110. The van der Waals surface area contributed by atoms with Gasteiger partial charge in [0, 0.05) is 45.2 Å². The Morgan fingerprint density at radius 3 is 2.00 bits per heavy atom. The number of thiol groups is 1. The minimum atomic E-state index is -1.05. The number of thioether (sulfide) groups is 1. The summed E-state index contributed by atoms with van der Waals surface area (Å²) in [7, 11) is 0. The van der Waals surface area contributed by atoms with Crippen LogP contribution in [-0.2, 0) is 22.4 Å². The zero-order valence-corrected chi connectivity index (χ0v) is 26.2. The molecule has 1 atom stereocenters. The number of nitrogens with zero attached hydrogens (tertiary/aromatic N) is 1. The fourth-order valence-electron chi connectivity index (χ4n) is 5.65. The van der Waals surface area contributed by atoms with Crippen molar-refractivity contribution >= 4 is 70.0 Å². The number of rotatable bonds is 8. The maximum absolute atomic E-state index is 11.9. The topological polar surface area (TPSA) is 140 Å². The molecule has 0 fully saturated rings. The molecule has 2 aromatic heterocycles. The summed E-state index contributed by atoms with van der Waals surface area (Å²) in [6, 6.07) is 12.5. The van der Waals surface area contributed by atoms with Crippen LogP contribution in [0.2, 0.25) is 0 Å². The Kier molecular flexibility index (Phi) is 8.39. The molecule has 8 rings (SSSR count). The summed E-state index contributed by atoms with van der Waals surface area (Å²) < 4.78 is 33.0. The number of carbonyl (C=O) groups excluding carboxylic acids is 2. The largest absolute Gasteiger partial charge is 0.479 e. The number of allylic oxidation sites excluding steroid dienone is 2. The number of furan rings is 2. The van der Waals surface area contributed by atoms with Gasteiger partial charge in [-0.2, -0.15) is 0 Å². The van der Waals surface area contributed by atoms with E-state index in [0.717, 1.165) is 44.8 Å². The standard InChI is InChI=1S/C21H15NO7S.C13H10O3S/c23-15-3-1-12-7-13-5-6-26-19(13)20(16(12)9-15)29-11-30-21(22(24)25)14-2-4-17-18(8-14)28-10-27-17;14-10-2-1-8-5-9-3-4-15-12(9)13(16-7-17)11(8)6-10/h1-8,21H,9-11H2;1-5,17H,6-7H2. The van der Waals surface area contributed by atoms with Crippen LogP contribution in [0.25, 0.3) is 34.1 Å². The fraction of sp³-hybridized carbons (Fsp3) is 0.176. The van der Waals surface area contributed by atoms with Gasteiger partial charge in [0.1, 0.15) is 11.9 Å². The van der Waals surface area contributed by atoms with Gasteiger partial charge in [-0.15, -0.1) is 12.6 Å². The SMILES string of the molecule is O=C1C=Cc2cc3ccoc3c(OCS)c2C1.O=C1C=Cc2cc3ccoc3c(OCSC(c3ccc4c(c3)OCO4)[N+](=O)[O-])c2C1. The summed E-state index contributed by atoms with van der Waals surface area (Å²) >= 11 is 5.09. The van der Waals surface area contributed by atoms with E-state index in [1.54, 1.807) is 42.9 Å². The molecule has 11 nitrogen and oxygen atoms in total. The van der Waals surface area contributed by atoms with E-state index in [1.165, 1.54) is 6.08 Å². The Hall–Kier alpha value is -5.14. The van der Waals surface area contributed by atoms with E-state index in [4.69, 9.17) is 27.8 Å². The molecule has 0 saturated heterocycles. The van der Waals surface area contributed by atoms with Crippen molar-refractivity contribution in [3.05, 3.63) is 105 Å². The quantitative estimate of drug-likeness (QED) is 0.0776. The van der Waals surface area contributed by atoms with Gasteiger partial charge >= 0.3 is 0 Å².